The van der Waals surface area contributed by atoms with Crippen LogP contribution in [0.3, 0.4) is 0 Å². The molecule has 1 heterocycles. The molecule has 0 unspecified atom stereocenters. The first-order valence-electron chi connectivity index (χ1n) is 7.66. The van der Waals surface area contributed by atoms with E-state index in [0.717, 1.165) is 55.8 Å². The molecule has 0 bridgehead atoms. The molecule has 1 aromatic heterocycles. The summed E-state index contributed by atoms with van der Waals surface area (Å²) in [5.41, 5.74) is 0.997. The number of unbranched alkanes of at least 4 members (excludes halogenated alkanes) is 1. The average Bonchev–Trinajstić information content (AvgIpc) is 2.53. The van der Waals surface area contributed by atoms with Gasteiger partial charge in [-0.25, -0.2) is 0 Å². The van der Waals surface area contributed by atoms with Crippen molar-refractivity contribution in [3.05, 3.63) is 36.5 Å². The number of nitrogens with one attached hydrogen (secondary N) is 1. The number of hydrogen-bond donors (Lipinski definition) is 1. The van der Waals surface area contributed by atoms with Gasteiger partial charge in [0, 0.05) is 25.1 Å². The molecule has 2 rings (SSSR count). The minimum atomic E-state index is 0.658. The highest BCUT2D eigenvalue weighted by Crippen LogP contribution is 2.17. The van der Waals surface area contributed by atoms with Gasteiger partial charge in [0.05, 0.1) is 11.7 Å². The van der Waals surface area contributed by atoms with Crippen molar-refractivity contribution in [2.75, 3.05) is 32.9 Å². The van der Waals surface area contributed by atoms with Gasteiger partial charge in [0.2, 0.25) is 0 Å². The van der Waals surface area contributed by atoms with E-state index in [1.807, 2.05) is 37.3 Å². The van der Waals surface area contributed by atoms with Gasteiger partial charge in [-0.2, -0.15) is 0 Å². The van der Waals surface area contributed by atoms with Crippen molar-refractivity contribution in [2.45, 2.75) is 19.8 Å². The second-order valence-electron chi connectivity index (χ2n) is 4.87. The molecular formula is C17H24N2O2. The van der Waals surface area contributed by atoms with Gasteiger partial charge in [-0.15, -0.1) is 0 Å². The number of nitrogens with zero attached hydrogens (tertiary/aromatic N) is 1. The molecule has 114 valence electrons. The minimum absolute atomic E-state index is 0.658. The molecule has 0 spiro atoms. The Kier molecular flexibility index (Phi) is 6.98. The van der Waals surface area contributed by atoms with E-state index in [1.165, 1.54) is 0 Å². The summed E-state index contributed by atoms with van der Waals surface area (Å²) in [5.74, 6) is 0.826. The molecule has 1 N–H and O–H groups in total. The van der Waals surface area contributed by atoms with Crippen LogP contribution in [0.5, 0.6) is 5.75 Å². The molecule has 21 heavy (non-hydrogen) atoms. The fraction of sp³-hybridized carbons (Fsp3) is 0.471. The second-order valence-corrected chi connectivity index (χ2v) is 4.87. The quantitative estimate of drug-likeness (QED) is 0.683. The zero-order chi connectivity index (χ0) is 14.8. The predicted octanol–water partition coefficient (Wildman–Crippen LogP) is 3.02. The van der Waals surface area contributed by atoms with Gasteiger partial charge < -0.3 is 14.8 Å². The van der Waals surface area contributed by atoms with Gasteiger partial charge in [0.25, 0.3) is 0 Å². The second kappa shape index (κ2) is 9.32. The molecule has 0 fully saturated rings. The lowest BCUT2D eigenvalue weighted by molar-refractivity contribution is 0.143. The van der Waals surface area contributed by atoms with Crippen molar-refractivity contribution >= 4 is 10.9 Å². The van der Waals surface area contributed by atoms with Crippen molar-refractivity contribution in [3.8, 4) is 5.75 Å². The number of benzene rings is 1. The Hall–Kier alpha value is -1.65. The molecular weight excluding hydrogens is 264 g/mol. The molecule has 0 atom stereocenters. The number of fused-ring (bicyclic) bond motifs is 1. The monoisotopic (exact) mass is 288 g/mol. The first kappa shape index (κ1) is 15.7. The van der Waals surface area contributed by atoms with Gasteiger partial charge in [0.1, 0.15) is 12.4 Å². The summed E-state index contributed by atoms with van der Waals surface area (Å²) < 4.78 is 11.0. The highest BCUT2D eigenvalue weighted by Gasteiger charge is 1.98. The molecule has 4 nitrogen and oxygen atoms in total. The van der Waals surface area contributed by atoms with E-state index in [-0.39, 0.29) is 0 Å². The topological polar surface area (TPSA) is 43.4 Å². The van der Waals surface area contributed by atoms with Crippen LogP contribution in [-0.4, -0.2) is 37.9 Å². The third-order valence-corrected chi connectivity index (χ3v) is 3.21. The van der Waals surface area contributed by atoms with Gasteiger partial charge in [-0.1, -0.05) is 18.2 Å². The summed E-state index contributed by atoms with van der Waals surface area (Å²) in [4.78, 5) is 4.38. The zero-order valence-corrected chi connectivity index (χ0v) is 12.7. The third-order valence-electron chi connectivity index (χ3n) is 3.21. The van der Waals surface area contributed by atoms with Crippen LogP contribution in [0, 0.1) is 0 Å². The van der Waals surface area contributed by atoms with E-state index in [0.29, 0.717) is 6.61 Å². The molecule has 0 saturated heterocycles. The molecule has 0 aliphatic rings. The maximum Gasteiger partial charge on any atom is 0.138 e. The van der Waals surface area contributed by atoms with E-state index in [1.54, 1.807) is 6.20 Å². The number of ether oxygens (including phenoxy) is 2. The van der Waals surface area contributed by atoms with E-state index in [4.69, 9.17) is 9.47 Å². The predicted molar refractivity (Wildman–Crippen MR) is 85.8 cm³/mol. The van der Waals surface area contributed by atoms with Crippen LogP contribution in [0.2, 0.25) is 0 Å². The maximum absolute atomic E-state index is 5.71. The van der Waals surface area contributed by atoms with Gasteiger partial charge in [-0.05, 0) is 38.4 Å². The molecule has 1 aromatic carbocycles. The van der Waals surface area contributed by atoms with E-state index in [9.17, 15) is 0 Å². The third kappa shape index (κ3) is 5.69. The molecule has 0 aliphatic heterocycles. The number of hydrogen-bond acceptors (Lipinski definition) is 4. The Labute approximate surface area is 126 Å². The highest BCUT2D eigenvalue weighted by molar-refractivity contribution is 5.79. The number of para-hydroxylation sites is 1. The smallest absolute Gasteiger partial charge is 0.138 e. The summed E-state index contributed by atoms with van der Waals surface area (Å²) >= 11 is 0. The SMILES string of the molecule is CCOCCCCNCCOc1cnc2ccccc2c1. The summed E-state index contributed by atoms with van der Waals surface area (Å²) in [6.07, 6.45) is 4.03. The van der Waals surface area contributed by atoms with Crippen LogP contribution < -0.4 is 10.1 Å². The van der Waals surface area contributed by atoms with Crippen LogP contribution in [0.25, 0.3) is 10.9 Å². The minimum Gasteiger partial charge on any atom is -0.491 e. The fourth-order valence-electron chi connectivity index (χ4n) is 2.09. The molecule has 0 saturated carbocycles. The lowest BCUT2D eigenvalue weighted by Crippen LogP contribution is -2.22. The standard InChI is InChI=1S/C17H24N2O2/c1-2-20-11-6-5-9-18-10-12-21-16-13-15-7-3-4-8-17(15)19-14-16/h3-4,7-8,13-14,18H,2,5-6,9-12H2,1H3. The van der Waals surface area contributed by atoms with Crippen molar-refractivity contribution in [1.82, 2.24) is 10.3 Å². The Morgan fingerprint density at radius 2 is 2.00 bits per heavy atom. The van der Waals surface area contributed by atoms with Crippen LogP contribution in [0.4, 0.5) is 0 Å². The van der Waals surface area contributed by atoms with Crippen molar-refractivity contribution in [2.24, 2.45) is 0 Å². The molecule has 0 amide bonds. The van der Waals surface area contributed by atoms with Crippen molar-refractivity contribution in [3.63, 3.8) is 0 Å². The van der Waals surface area contributed by atoms with E-state index in [2.05, 4.69) is 10.3 Å². The van der Waals surface area contributed by atoms with Crippen LogP contribution in [0.1, 0.15) is 19.8 Å². The molecule has 0 aliphatic carbocycles. The lowest BCUT2D eigenvalue weighted by atomic mass is 10.2. The molecule has 4 heteroatoms. The normalized spacial score (nSPS) is 10.9. The Morgan fingerprint density at radius 1 is 1.10 bits per heavy atom. The summed E-state index contributed by atoms with van der Waals surface area (Å²) in [6.45, 7) is 6.20. The first-order chi connectivity index (χ1) is 10.4. The maximum atomic E-state index is 5.71. The van der Waals surface area contributed by atoms with Crippen LogP contribution in [0.15, 0.2) is 36.5 Å². The van der Waals surface area contributed by atoms with Gasteiger partial charge in [-0.3, -0.25) is 4.98 Å². The number of rotatable bonds is 10. The fourth-order valence-corrected chi connectivity index (χ4v) is 2.09. The Bertz CT molecular complexity index is 531. The zero-order valence-electron chi connectivity index (χ0n) is 12.7. The van der Waals surface area contributed by atoms with Crippen molar-refractivity contribution < 1.29 is 9.47 Å². The van der Waals surface area contributed by atoms with E-state index >= 15 is 0 Å². The molecule has 0 radical (unpaired) electrons. The van der Waals surface area contributed by atoms with Crippen LogP contribution in [-0.2, 0) is 4.74 Å². The lowest BCUT2D eigenvalue weighted by Gasteiger charge is -2.08. The molecule has 2 aromatic rings. The summed E-state index contributed by atoms with van der Waals surface area (Å²) in [6, 6.07) is 10.1. The first-order valence-corrected chi connectivity index (χ1v) is 7.66. The van der Waals surface area contributed by atoms with Gasteiger partial charge in [0.15, 0.2) is 0 Å². The Morgan fingerprint density at radius 3 is 2.90 bits per heavy atom. The summed E-state index contributed by atoms with van der Waals surface area (Å²) in [5, 5.41) is 4.48. The highest BCUT2D eigenvalue weighted by atomic mass is 16.5. The van der Waals surface area contributed by atoms with Crippen molar-refractivity contribution in [1.29, 1.82) is 0 Å². The largest absolute Gasteiger partial charge is 0.491 e. The average molecular weight is 288 g/mol. The van der Waals surface area contributed by atoms with Gasteiger partial charge >= 0.3 is 0 Å². The number of pyridine rings is 1. The summed E-state index contributed by atoms with van der Waals surface area (Å²) in [7, 11) is 0. The van der Waals surface area contributed by atoms with E-state index < -0.39 is 0 Å². The number of aromatic nitrogens is 1. The Balaban J connectivity index is 1.59. The van der Waals surface area contributed by atoms with Crippen LogP contribution >= 0.6 is 0 Å².